The van der Waals surface area contributed by atoms with Crippen molar-refractivity contribution in [2.45, 2.75) is 0 Å². The van der Waals surface area contributed by atoms with E-state index in [1.165, 1.54) is 0 Å². The number of nitrogens with zero attached hydrogens (tertiary/aromatic N) is 4. The molecule has 0 amide bonds. The standard InChI is InChI=1S/C29H19BrN4/c30-24-17-22(21-10-7-14-31-19-21)16-23(18-24)29-33-28-26(34(29)25-11-5-2-6-12-25)13-15-32-27(28)20-8-3-1-4-9-20/h1-19H. The largest absolute Gasteiger partial charge is 0.292 e. The average Bonchev–Trinajstić information content (AvgIpc) is 3.30. The third kappa shape index (κ3) is 3.70. The van der Waals surface area contributed by atoms with Crippen LogP contribution in [0, 0.1) is 0 Å². The molecule has 6 aromatic rings. The van der Waals surface area contributed by atoms with Gasteiger partial charge in [0.05, 0.1) is 11.2 Å². The van der Waals surface area contributed by atoms with E-state index in [1.807, 2.05) is 60.9 Å². The van der Waals surface area contributed by atoms with Gasteiger partial charge in [0.25, 0.3) is 0 Å². The van der Waals surface area contributed by atoms with E-state index in [0.717, 1.165) is 55.0 Å². The molecular weight excluding hydrogens is 484 g/mol. The second-order valence-corrected chi connectivity index (χ2v) is 8.89. The molecule has 3 heterocycles. The van der Waals surface area contributed by atoms with Gasteiger partial charge >= 0.3 is 0 Å². The van der Waals surface area contributed by atoms with Gasteiger partial charge in [-0.1, -0.05) is 70.5 Å². The van der Waals surface area contributed by atoms with Crippen molar-refractivity contribution in [3.05, 3.63) is 120 Å². The van der Waals surface area contributed by atoms with Gasteiger partial charge in [-0.15, -0.1) is 0 Å². The normalized spacial score (nSPS) is 11.1. The first-order chi connectivity index (χ1) is 16.8. The maximum atomic E-state index is 5.18. The Balaban J connectivity index is 1.65. The topological polar surface area (TPSA) is 43.6 Å². The van der Waals surface area contributed by atoms with E-state index in [-0.39, 0.29) is 0 Å². The molecule has 3 aromatic carbocycles. The molecule has 162 valence electrons. The quantitative estimate of drug-likeness (QED) is 0.249. The lowest BCUT2D eigenvalue weighted by atomic mass is 10.0. The first-order valence-corrected chi connectivity index (χ1v) is 11.8. The number of fused-ring (bicyclic) bond motifs is 1. The molecule has 0 aliphatic carbocycles. The summed E-state index contributed by atoms with van der Waals surface area (Å²) in [6.07, 6.45) is 5.52. The Hall–Kier alpha value is -4.09. The lowest BCUT2D eigenvalue weighted by Crippen LogP contribution is -1.98. The number of rotatable bonds is 4. The zero-order chi connectivity index (χ0) is 22.9. The summed E-state index contributed by atoms with van der Waals surface area (Å²) in [5, 5.41) is 0. The van der Waals surface area contributed by atoms with Gasteiger partial charge < -0.3 is 0 Å². The zero-order valence-electron chi connectivity index (χ0n) is 18.1. The first kappa shape index (κ1) is 20.5. The fourth-order valence-corrected chi connectivity index (χ4v) is 4.76. The number of aromatic nitrogens is 4. The molecule has 0 atom stereocenters. The van der Waals surface area contributed by atoms with Gasteiger partial charge in [0.15, 0.2) is 0 Å². The summed E-state index contributed by atoms with van der Waals surface area (Å²) in [7, 11) is 0. The van der Waals surface area contributed by atoms with Crippen LogP contribution in [0.2, 0.25) is 0 Å². The molecule has 0 N–H and O–H groups in total. The van der Waals surface area contributed by atoms with E-state index in [4.69, 9.17) is 9.97 Å². The van der Waals surface area contributed by atoms with Crippen LogP contribution in [0.5, 0.6) is 0 Å². The van der Waals surface area contributed by atoms with E-state index >= 15 is 0 Å². The van der Waals surface area contributed by atoms with Crippen molar-refractivity contribution < 1.29 is 0 Å². The highest BCUT2D eigenvalue weighted by Gasteiger charge is 2.19. The molecule has 6 rings (SSSR count). The fraction of sp³-hybridized carbons (Fsp3) is 0. The van der Waals surface area contributed by atoms with Crippen molar-refractivity contribution in [2.24, 2.45) is 0 Å². The molecule has 0 unspecified atom stereocenters. The molecule has 0 saturated carbocycles. The van der Waals surface area contributed by atoms with Crippen LogP contribution in [0.15, 0.2) is 120 Å². The molecule has 0 bridgehead atoms. The Morgan fingerprint density at radius 2 is 1.38 bits per heavy atom. The van der Waals surface area contributed by atoms with E-state index in [0.29, 0.717) is 0 Å². The van der Waals surface area contributed by atoms with E-state index in [1.54, 1.807) is 6.20 Å². The molecule has 0 saturated heterocycles. The van der Waals surface area contributed by atoms with Crippen molar-refractivity contribution in [2.75, 3.05) is 0 Å². The molecule has 0 spiro atoms. The van der Waals surface area contributed by atoms with E-state index in [9.17, 15) is 0 Å². The van der Waals surface area contributed by atoms with Gasteiger partial charge in [-0.2, -0.15) is 0 Å². The zero-order valence-corrected chi connectivity index (χ0v) is 19.7. The molecule has 0 aliphatic heterocycles. The predicted molar refractivity (Wildman–Crippen MR) is 141 cm³/mol. The molecule has 5 heteroatoms. The number of hydrogen-bond donors (Lipinski definition) is 0. The van der Waals surface area contributed by atoms with Crippen LogP contribution in [0.1, 0.15) is 0 Å². The summed E-state index contributed by atoms with van der Waals surface area (Å²) >= 11 is 3.71. The number of benzene rings is 3. The highest BCUT2D eigenvalue weighted by Crippen LogP contribution is 2.35. The lowest BCUT2D eigenvalue weighted by molar-refractivity contribution is 1.10. The highest BCUT2D eigenvalue weighted by molar-refractivity contribution is 9.10. The lowest BCUT2D eigenvalue weighted by Gasteiger charge is -2.11. The molecule has 0 aliphatic rings. The third-order valence-corrected chi connectivity index (χ3v) is 6.24. The summed E-state index contributed by atoms with van der Waals surface area (Å²) < 4.78 is 3.19. The molecule has 0 radical (unpaired) electrons. The minimum atomic E-state index is 0.859. The fourth-order valence-electron chi connectivity index (χ4n) is 4.26. The van der Waals surface area contributed by atoms with Crippen molar-refractivity contribution in [3.63, 3.8) is 0 Å². The van der Waals surface area contributed by atoms with Crippen LogP contribution in [0.25, 0.3) is 50.5 Å². The third-order valence-electron chi connectivity index (χ3n) is 5.79. The van der Waals surface area contributed by atoms with Crippen molar-refractivity contribution in [1.29, 1.82) is 0 Å². The Morgan fingerprint density at radius 3 is 2.15 bits per heavy atom. The van der Waals surface area contributed by atoms with Crippen molar-refractivity contribution >= 4 is 27.0 Å². The first-order valence-electron chi connectivity index (χ1n) is 11.0. The van der Waals surface area contributed by atoms with Crippen LogP contribution in [-0.2, 0) is 0 Å². The van der Waals surface area contributed by atoms with Gasteiger partial charge in [0.1, 0.15) is 11.3 Å². The van der Waals surface area contributed by atoms with Crippen LogP contribution in [-0.4, -0.2) is 19.5 Å². The number of pyridine rings is 2. The van der Waals surface area contributed by atoms with E-state index in [2.05, 4.69) is 74.0 Å². The van der Waals surface area contributed by atoms with Gasteiger partial charge in [-0.3, -0.25) is 14.5 Å². The Kier molecular flexibility index (Phi) is 5.24. The van der Waals surface area contributed by atoms with Crippen molar-refractivity contribution in [1.82, 2.24) is 19.5 Å². The number of imidazole rings is 1. The number of para-hydroxylation sites is 1. The molecule has 3 aromatic heterocycles. The molecular formula is C29H19BrN4. The van der Waals surface area contributed by atoms with Crippen LogP contribution >= 0.6 is 15.9 Å². The summed E-state index contributed by atoms with van der Waals surface area (Å²) in [5.41, 5.74) is 7.98. The summed E-state index contributed by atoms with van der Waals surface area (Å²) in [5.74, 6) is 0.859. The summed E-state index contributed by atoms with van der Waals surface area (Å²) in [4.78, 5) is 14.2. The number of hydrogen-bond acceptors (Lipinski definition) is 3. The van der Waals surface area contributed by atoms with Crippen LogP contribution in [0.4, 0.5) is 0 Å². The Morgan fingerprint density at radius 1 is 0.647 bits per heavy atom. The maximum Gasteiger partial charge on any atom is 0.145 e. The van der Waals surface area contributed by atoms with E-state index < -0.39 is 0 Å². The average molecular weight is 503 g/mol. The van der Waals surface area contributed by atoms with Gasteiger partial charge in [-0.05, 0) is 48.0 Å². The summed E-state index contributed by atoms with van der Waals surface area (Å²) in [6.45, 7) is 0. The number of halogens is 1. The monoisotopic (exact) mass is 502 g/mol. The second-order valence-electron chi connectivity index (χ2n) is 7.97. The van der Waals surface area contributed by atoms with Gasteiger partial charge in [-0.25, -0.2) is 4.98 Å². The maximum absolute atomic E-state index is 5.18. The minimum absolute atomic E-state index is 0.859. The van der Waals surface area contributed by atoms with Crippen molar-refractivity contribution in [3.8, 4) is 39.5 Å². The SMILES string of the molecule is Brc1cc(-c2cccnc2)cc(-c2nc3c(-c4ccccc4)nccc3n2-c2ccccc2)c1. The van der Waals surface area contributed by atoms with Crippen LogP contribution in [0.3, 0.4) is 0 Å². The summed E-state index contributed by atoms with van der Waals surface area (Å²) in [6, 6.07) is 33.0. The second kappa shape index (κ2) is 8.69. The Bertz CT molecular complexity index is 1590. The molecule has 4 nitrogen and oxygen atoms in total. The van der Waals surface area contributed by atoms with Gasteiger partial charge in [0.2, 0.25) is 0 Å². The Labute approximate surface area is 205 Å². The van der Waals surface area contributed by atoms with Crippen LogP contribution < -0.4 is 0 Å². The highest BCUT2D eigenvalue weighted by atomic mass is 79.9. The molecule has 34 heavy (non-hydrogen) atoms. The minimum Gasteiger partial charge on any atom is -0.292 e. The smallest absolute Gasteiger partial charge is 0.145 e. The van der Waals surface area contributed by atoms with Gasteiger partial charge in [0, 0.05) is 45.4 Å². The molecule has 0 fully saturated rings. The predicted octanol–water partition coefficient (Wildman–Crippen LogP) is 7.58.